The number of piperidine rings is 1. The van der Waals surface area contributed by atoms with Gasteiger partial charge in [-0.05, 0) is 56.9 Å². The Kier molecular flexibility index (Phi) is 5.93. The van der Waals surface area contributed by atoms with E-state index in [4.69, 9.17) is 19.9 Å². The van der Waals surface area contributed by atoms with E-state index in [1.165, 1.54) is 5.56 Å². The van der Waals surface area contributed by atoms with Crippen molar-refractivity contribution in [1.82, 2.24) is 10.2 Å². The van der Waals surface area contributed by atoms with E-state index in [0.29, 0.717) is 24.5 Å². The van der Waals surface area contributed by atoms with E-state index in [1.807, 2.05) is 12.1 Å². The molecule has 0 aromatic heterocycles. The lowest BCUT2D eigenvalue weighted by molar-refractivity contribution is -0.125. The van der Waals surface area contributed by atoms with Crippen LogP contribution in [0.2, 0.25) is 0 Å². The zero-order valence-electron chi connectivity index (χ0n) is 17.8. The smallest absolute Gasteiger partial charge is 0.407 e. The highest BCUT2D eigenvalue weighted by molar-refractivity contribution is 5.79. The average Bonchev–Trinajstić information content (AvgIpc) is 2.64. The number of rotatable bonds is 4. The van der Waals surface area contributed by atoms with Crippen molar-refractivity contribution in [2.24, 2.45) is 11.7 Å². The first-order valence-electron chi connectivity index (χ1n) is 9.90. The lowest BCUT2D eigenvalue weighted by atomic mass is 9.80. The molecule has 1 aromatic carbocycles. The number of nitrogens with one attached hydrogen (secondary N) is 1. The second-order valence-electron chi connectivity index (χ2n) is 8.66. The minimum Gasteiger partial charge on any atom is -0.493 e. The molecule has 8 heteroatoms. The molecule has 3 rings (SSSR count). The van der Waals surface area contributed by atoms with Crippen molar-refractivity contribution in [2.45, 2.75) is 51.3 Å². The summed E-state index contributed by atoms with van der Waals surface area (Å²) in [6.45, 7) is 6.72. The Morgan fingerprint density at radius 2 is 1.83 bits per heavy atom. The molecular formula is C21H31N3O5. The zero-order chi connectivity index (χ0) is 21.3. The number of amides is 2. The summed E-state index contributed by atoms with van der Waals surface area (Å²) in [6, 6.07) is 3.67. The molecule has 1 aromatic rings. The normalized spacial score (nSPS) is 24.1. The van der Waals surface area contributed by atoms with Crippen molar-refractivity contribution in [2.75, 3.05) is 27.3 Å². The number of methoxy groups -OCH3 is 2. The molecule has 2 aliphatic rings. The molecule has 0 aliphatic carbocycles. The van der Waals surface area contributed by atoms with Gasteiger partial charge in [0.1, 0.15) is 5.60 Å². The molecule has 1 saturated heterocycles. The molecule has 29 heavy (non-hydrogen) atoms. The van der Waals surface area contributed by atoms with Gasteiger partial charge in [0.05, 0.1) is 20.1 Å². The second kappa shape index (κ2) is 8.10. The van der Waals surface area contributed by atoms with Gasteiger partial charge in [0.2, 0.25) is 5.91 Å². The number of hydrogen-bond donors (Lipinski definition) is 2. The van der Waals surface area contributed by atoms with Crippen LogP contribution >= 0.6 is 0 Å². The number of fused-ring (bicyclic) bond motifs is 3. The maximum atomic E-state index is 12.3. The number of hydrogen-bond acceptors (Lipinski definition) is 6. The minimum atomic E-state index is -0.617. The van der Waals surface area contributed by atoms with Gasteiger partial charge < -0.3 is 25.3 Å². The molecule has 1 fully saturated rings. The van der Waals surface area contributed by atoms with Gasteiger partial charge in [-0.1, -0.05) is 0 Å². The number of benzene rings is 1. The van der Waals surface area contributed by atoms with E-state index in [2.05, 4.69) is 10.2 Å². The molecule has 3 atom stereocenters. The van der Waals surface area contributed by atoms with E-state index in [-0.39, 0.29) is 6.04 Å². The summed E-state index contributed by atoms with van der Waals surface area (Å²) in [6.07, 6.45) is 0.877. The Morgan fingerprint density at radius 3 is 2.41 bits per heavy atom. The molecule has 0 saturated carbocycles. The maximum absolute atomic E-state index is 12.3. The van der Waals surface area contributed by atoms with Crippen molar-refractivity contribution in [3.8, 4) is 11.5 Å². The fourth-order valence-electron chi connectivity index (χ4n) is 4.27. The summed E-state index contributed by atoms with van der Waals surface area (Å²) in [4.78, 5) is 26.7. The van der Waals surface area contributed by atoms with E-state index in [1.54, 1.807) is 35.0 Å². The summed E-state index contributed by atoms with van der Waals surface area (Å²) in [5.74, 6) is 0.485. The van der Waals surface area contributed by atoms with Gasteiger partial charge >= 0.3 is 6.09 Å². The Balaban J connectivity index is 1.88. The van der Waals surface area contributed by atoms with Crippen LogP contribution in [0.5, 0.6) is 11.5 Å². The third-order valence-electron chi connectivity index (χ3n) is 5.58. The van der Waals surface area contributed by atoms with Crippen molar-refractivity contribution < 1.29 is 23.8 Å². The number of primary amides is 1. The van der Waals surface area contributed by atoms with Crippen LogP contribution in [-0.4, -0.2) is 55.9 Å². The SMILES string of the molecule is COc1cc2c(cc1OC)[C@@H]1C[C@H](NC(=O)OC(C)(C)C)[C@@H](C(N)=O)CN1CC2. The van der Waals surface area contributed by atoms with E-state index in [0.717, 1.165) is 18.5 Å². The topological polar surface area (TPSA) is 103 Å². The Hall–Kier alpha value is -2.48. The molecule has 3 N–H and O–H groups in total. The number of alkyl carbamates (subject to hydrolysis) is 1. The number of carbonyl (C=O) groups is 2. The predicted molar refractivity (Wildman–Crippen MR) is 108 cm³/mol. The number of nitrogens with two attached hydrogens (primary N) is 1. The van der Waals surface area contributed by atoms with Crippen molar-refractivity contribution >= 4 is 12.0 Å². The van der Waals surface area contributed by atoms with Gasteiger partial charge in [-0.3, -0.25) is 9.69 Å². The Labute approximate surface area is 171 Å². The van der Waals surface area contributed by atoms with E-state index < -0.39 is 29.6 Å². The lowest BCUT2D eigenvalue weighted by Gasteiger charge is -2.46. The lowest BCUT2D eigenvalue weighted by Crippen LogP contribution is -2.57. The van der Waals surface area contributed by atoms with Crippen LogP contribution in [0.4, 0.5) is 4.79 Å². The zero-order valence-corrected chi connectivity index (χ0v) is 17.8. The molecule has 160 valence electrons. The monoisotopic (exact) mass is 405 g/mol. The highest BCUT2D eigenvalue weighted by atomic mass is 16.6. The molecule has 0 radical (unpaired) electrons. The van der Waals surface area contributed by atoms with Crippen molar-refractivity contribution in [3.63, 3.8) is 0 Å². The third kappa shape index (κ3) is 4.58. The van der Waals surface area contributed by atoms with Crippen LogP contribution in [0.1, 0.15) is 44.4 Å². The van der Waals surface area contributed by atoms with Gasteiger partial charge in [-0.2, -0.15) is 0 Å². The predicted octanol–water partition coefficient (Wildman–Crippen LogP) is 2.00. The summed E-state index contributed by atoms with van der Waals surface area (Å²) in [5, 5.41) is 2.88. The van der Waals surface area contributed by atoms with Crippen LogP contribution < -0.4 is 20.5 Å². The van der Waals surface area contributed by atoms with Crippen LogP contribution in [0.15, 0.2) is 12.1 Å². The molecule has 0 unspecified atom stereocenters. The number of ether oxygens (including phenoxy) is 3. The standard InChI is InChI=1S/C21H31N3O5/c1-21(2,3)29-20(26)23-15-10-16-13-9-18(28-5)17(27-4)8-12(13)6-7-24(16)11-14(15)19(22)25/h8-9,14-16H,6-7,10-11H2,1-5H3,(H2,22,25)(H,23,26)/t14-,15-,16-/m0/s1. The van der Waals surface area contributed by atoms with Gasteiger partial charge in [0, 0.05) is 25.2 Å². The Morgan fingerprint density at radius 1 is 1.17 bits per heavy atom. The summed E-state index contributed by atoms with van der Waals surface area (Å²) < 4.78 is 16.3. The fourth-order valence-corrected chi connectivity index (χ4v) is 4.27. The van der Waals surface area contributed by atoms with Crippen LogP contribution in [0.25, 0.3) is 0 Å². The average molecular weight is 405 g/mol. The maximum Gasteiger partial charge on any atom is 0.407 e. The summed E-state index contributed by atoms with van der Waals surface area (Å²) in [5.41, 5.74) is 7.37. The molecular weight excluding hydrogens is 374 g/mol. The third-order valence-corrected chi connectivity index (χ3v) is 5.58. The van der Waals surface area contributed by atoms with E-state index >= 15 is 0 Å². The van der Waals surface area contributed by atoms with Gasteiger partial charge in [-0.15, -0.1) is 0 Å². The minimum absolute atomic E-state index is 0.0501. The summed E-state index contributed by atoms with van der Waals surface area (Å²) in [7, 11) is 3.24. The molecule has 2 amide bonds. The molecule has 2 heterocycles. The molecule has 2 aliphatic heterocycles. The number of carbonyl (C=O) groups excluding carboxylic acids is 2. The second-order valence-corrected chi connectivity index (χ2v) is 8.66. The first kappa shape index (κ1) is 21.2. The molecule has 0 spiro atoms. The molecule has 8 nitrogen and oxygen atoms in total. The van der Waals surface area contributed by atoms with Crippen LogP contribution in [0.3, 0.4) is 0 Å². The largest absolute Gasteiger partial charge is 0.493 e. The van der Waals surface area contributed by atoms with Crippen LogP contribution in [0, 0.1) is 5.92 Å². The Bertz CT molecular complexity index is 789. The fraction of sp³-hybridized carbons (Fsp3) is 0.619. The van der Waals surface area contributed by atoms with Gasteiger partial charge in [-0.25, -0.2) is 4.79 Å². The van der Waals surface area contributed by atoms with E-state index in [9.17, 15) is 9.59 Å². The van der Waals surface area contributed by atoms with Gasteiger partial charge in [0.25, 0.3) is 0 Å². The van der Waals surface area contributed by atoms with Crippen LogP contribution in [-0.2, 0) is 16.0 Å². The first-order valence-corrected chi connectivity index (χ1v) is 9.90. The van der Waals surface area contributed by atoms with Crippen molar-refractivity contribution in [3.05, 3.63) is 23.3 Å². The van der Waals surface area contributed by atoms with Crippen molar-refractivity contribution in [1.29, 1.82) is 0 Å². The highest BCUT2D eigenvalue weighted by Gasteiger charge is 2.42. The quantitative estimate of drug-likeness (QED) is 0.794. The molecule has 0 bridgehead atoms. The number of nitrogens with zero attached hydrogens (tertiary/aromatic N) is 1. The first-order chi connectivity index (χ1) is 13.6. The van der Waals surface area contributed by atoms with Gasteiger partial charge in [0.15, 0.2) is 11.5 Å². The summed E-state index contributed by atoms with van der Waals surface area (Å²) >= 11 is 0. The highest BCUT2D eigenvalue weighted by Crippen LogP contribution is 2.42.